The molecule has 166 valence electrons. The fourth-order valence-electron chi connectivity index (χ4n) is 2.79. The maximum absolute atomic E-state index is 12.8. The number of hydrogen-bond donors (Lipinski definition) is 2. The van der Waals surface area contributed by atoms with E-state index in [0.717, 1.165) is 11.1 Å². The van der Waals surface area contributed by atoms with E-state index in [1.165, 1.54) is 0 Å². The highest BCUT2D eigenvalue weighted by Crippen LogP contribution is 2.08. The zero-order valence-electron chi connectivity index (χ0n) is 18.2. The molecule has 2 aromatic rings. The molecule has 31 heavy (non-hydrogen) atoms. The molecule has 2 N–H and O–H groups in total. The molecule has 0 aliphatic heterocycles. The van der Waals surface area contributed by atoms with Gasteiger partial charge in [0.05, 0.1) is 19.3 Å². The number of rotatable bonds is 10. The van der Waals surface area contributed by atoms with Gasteiger partial charge in [0, 0.05) is 0 Å². The van der Waals surface area contributed by atoms with Crippen LogP contribution in [0.5, 0.6) is 0 Å². The fourth-order valence-corrected chi connectivity index (χ4v) is 2.79. The Hall–Kier alpha value is -3.19. The van der Waals surface area contributed by atoms with Crippen LogP contribution in [0.1, 0.15) is 31.9 Å². The molecule has 0 saturated carbocycles. The molecule has 7 nitrogen and oxygen atoms in total. The molecule has 2 rings (SSSR count). The molecule has 7 heteroatoms. The Labute approximate surface area is 183 Å². The largest absolute Gasteiger partial charge is 0.444 e. The van der Waals surface area contributed by atoms with Crippen molar-refractivity contribution in [2.24, 2.45) is 0 Å². The van der Waals surface area contributed by atoms with Crippen molar-refractivity contribution in [3.05, 3.63) is 71.8 Å². The summed E-state index contributed by atoms with van der Waals surface area (Å²) in [5, 5.41) is 5.21. The summed E-state index contributed by atoms with van der Waals surface area (Å²) in [6, 6.07) is 17.1. The van der Waals surface area contributed by atoms with E-state index in [1.54, 1.807) is 20.8 Å². The van der Waals surface area contributed by atoms with Crippen molar-refractivity contribution in [1.29, 1.82) is 0 Å². The van der Waals surface area contributed by atoms with Crippen LogP contribution < -0.4 is 10.6 Å². The summed E-state index contributed by atoms with van der Waals surface area (Å²) in [5.74, 6) is -0.521. The summed E-state index contributed by atoms with van der Waals surface area (Å²) in [5.41, 5.74) is 1.14. The van der Waals surface area contributed by atoms with Crippen LogP contribution in [-0.2, 0) is 32.1 Å². The van der Waals surface area contributed by atoms with Crippen LogP contribution in [0, 0.1) is 0 Å². The summed E-state index contributed by atoms with van der Waals surface area (Å²) in [6.45, 7) is 5.40. The number of carbonyl (C=O) groups excluding carboxylic acids is 3. The summed E-state index contributed by atoms with van der Waals surface area (Å²) < 4.78 is 10.9. The highest BCUT2D eigenvalue weighted by atomic mass is 16.6. The molecule has 2 atom stereocenters. The second-order valence-electron chi connectivity index (χ2n) is 8.14. The van der Waals surface area contributed by atoms with E-state index in [4.69, 9.17) is 9.47 Å². The second-order valence-corrected chi connectivity index (χ2v) is 8.14. The molecule has 0 saturated heterocycles. The second kappa shape index (κ2) is 11.9. The average molecular weight is 427 g/mol. The number of carbonyl (C=O) groups is 3. The minimum absolute atomic E-state index is 0.0725. The summed E-state index contributed by atoms with van der Waals surface area (Å²) >= 11 is 0. The number of amides is 2. The van der Waals surface area contributed by atoms with Crippen LogP contribution in [0.25, 0.3) is 0 Å². The van der Waals surface area contributed by atoms with Crippen LogP contribution in [0.3, 0.4) is 0 Å². The van der Waals surface area contributed by atoms with Crippen molar-refractivity contribution in [2.75, 3.05) is 6.61 Å². The minimum Gasteiger partial charge on any atom is -0.444 e. The molecule has 0 spiro atoms. The molecule has 2 amide bonds. The molecule has 0 unspecified atom stereocenters. The van der Waals surface area contributed by atoms with Gasteiger partial charge in [0.1, 0.15) is 17.9 Å². The predicted molar refractivity (Wildman–Crippen MR) is 117 cm³/mol. The number of aldehydes is 1. The highest BCUT2D eigenvalue weighted by Gasteiger charge is 2.26. The third-order valence-corrected chi connectivity index (χ3v) is 4.19. The lowest BCUT2D eigenvalue weighted by Crippen LogP contribution is -2.53. The molecule has 0 aliphatic rings. The van der Waals surface area contributed by atoms with Gasteiger partial charge < -0.3 is 24.9 Å². The Balaban J connectivity index is 2.00. The van der Waals surface area contributed by atoms with Gasteiger partial charge in [-0.15, -0.1) is 0 Å². The summed E-state index contributed by atoms with van der Waals surface area (Å²) in [7, 11) is 0. The Morgan fingerprint density at radius 3 is 2.06 bits per heavy atom. The quantitative estimate of drug-likeness (QED) is 0.570. The van der Waals surface area contributed by atoms with Gasteiger partial charge in [-0.2, -0.15) is 0 Å². The predicted octanol–water partition coefficient (Wildman–Crippen LogP) is 3.02. The molecule has 0 aromatic heterocycles. The van der Waals surface area contributed by atoms with Crippen LogP contribution in [-0.4, -0.2) is 42.6 Å². The lowest BCUT2D eigenvalue weighted by molar-refractivity contribution is -0.127. The normalized spacial score (nSPS) is 13.0. The van der Waals surface area contributed by atoms with Gasteiger partial charge >= 0.3 is 6.09 Å². The Morgan fingerprint density at radius 1 is 0.935 bits per heavy atom. The maximum Gasteiger partial charge on any atom is 0.408 e. The van der Waals surface area contributed by atoms with Crippen LogP contribution in [0.2, 0.25) is 0 Å². The molecule has 2 aromatic carbocycles. The van der Waals surface area contributed by atoms with Crippen molar-refractivity contribution < 1.29 is 23.9 Å². The first-order chi connectivity index (χ1) is 14.8. The average Bonchev–Trinajstić information content (AvgIpc) is 2.72. The number of ether oxygens (including phenoxy) is 2. The lowest BCUT2D eigenvalue weighted by Gasteiger charge is -2.24. The first kappa shape index (κ1) is 24.1. The van der Waals surface area contributed by atoms with Gasteiger partial charge in [0.25, 0.3) is 0 Å². The van der Waals surface area contributed by atoms with Crippen LogP contribution in [0.15, 0.2) is 60.7 Å². The highest BCUT2D eigenvalue weighted by molar-refractivity contribution is 5.87. The number of benzene rings is 2. The van der Waals surface area contributed by atoms with Gasteiger partial charge in [-0.1, -0.05) is 60.7 Å². The number of nitrogens with one attached hydrogen (secondary N) is 2. The molecule has 0 radical (unpaired) electrons. The maximum atomic E-state index is 12.8. The minimum atomic E-state index is -1.02. The van der Waals surface area contributed by atoms with E-state index >= 15 is 0 Å². The zero-order chi connectivity index (χ0) is 22.7. The smallest absolute Gasteiger partial charge is 0.408 e. The SMILES string of the molecule is CC(C)(C)OC(=O)N[C@H](COCc1ccccc1)C(=O)N[C@H](C=O)Cc1ccccc1. The fraction of sp³-hybridized carbons (Fsp3) is 0.375. The standard InChI is InChI=1S/C24H30N2O5/c1-24(2,3)31-23(29)26-21(17-30-16-19-12-8-5-9-13-19)22(28)25-20(15-27)14-18-10-6-4-7-11-18/h4-13,15,20-21H,14,16-17H2,1-3H3,(H,25,28)(H,26,29)/t20-,21+/m0/s1. The number of hydrogen-bond acceptors (Lipinski definition) is 5. The summed E-state index contributed by atoms with van der Waals surface area (Å²) in [4.78, 5) is 36.6. The van der Waals surface area contributed by atoms with Crippen molar-refractivity contribution in [3.8, 4) is 0 Å². The van der Waals surface area contributed by atoms with Gasteiger partial charge in [-0.05, 0) is 38.3 Å². The molecular formula is C24H30N2O5. The topological polar surface area (TPSA) is 93.7 Å². The third kappa shape index (κ3) is 9.44. The molecule has 0 heterocycles. The van der Waals surface area contributed by atoms with E-state index in [0.29, 0.717) is 12.7 Å². The van der Waals surface area contributed by atoms with Crippen molar-refractivity contribution >= 4 is 18.3 Å². The van der Waals surface area contributed by atoms with Crippen molar-refractivity contribution in [1.82, 2.24) is 10.6 Å². The van der Waals surface area contributed by atoms with E-state index < -0.39 is 29.7 Å². The Morgan fingerprint density at radius 2 is 1.52 bits per heavy atom. The van der Waals surface area contributed by atoms with Gasteiger partial charge in [0.15, 0.2) is 0 Å². The van der Waals surface area contributed by atoms with E-state index in [9.17, 15) is 14.4 Å². The molecule has 0 fully saturated rings. The third-order valence-electron chi connectivity index (χ3n) is 4.19. The Bertz CT molecular complexity index is 834. The van der Waals surface area contributed by atoms with Crippen LogP contribution >= 0.6 is 0 Å². The lowest BCUT2D eigenvalue weighted by atomic mass is 10.1. The number of alkyl carbamates (subject to hydrolysis) is 1. The van der Waals surface area contributed by atoms with E-state index in [2.05, 4.69) is 10.6 Å². The first-order valence-electron chi connectivity index (χ1n) is 10.2. The first-order valence-corrected chi connectivity index (χ1v) is 10.2. The zero-order valence-corrected chi connectivity index (χ0v) is 18.2. The van der Waals surface area contributed by atoms with Crippen molar-refractivity contribution in [3.63, 3.8) is 0 Å². The van der Waals surface area contributed by atoms with Gasteiger partial charge in [-0.3, -0.25) is 4.79 Å². The molecule has 0 aliphatic carbocycles. The van der Waals surface area contributed by atoms with Gasteiger partial charge in [0.2, 0.25) is 5.91 Å². The monoisotopic (exact) mass is 426 g/mol. The van der Waals surface area contributed by atoms with Gasteiger partial charge in [-0.25, -0.2) is 4.79 Å². The van der Waals surface area contributed by atoms with Crippen LogP contribution in [0.4, 0.5) is 4.79 Å². The van der Waals surface area contributed by atoms with Crippen molar-refractivity contribution in [2.45, 2.75) is 51.5 Å². The summed E-state index contributed by atoms with van der Waals surface area (Å²) in [6.07, 6.45) is 0.294. The van der Waals surface area contributed by atoms with E-state index in [-0.39, 0.29) is 13.2 Å². The molecule has 0 bridgehead atoms. The molecular weight excluding hydrogens is 396 g/mol. The van der Waals surface area contributed by atoms with E-state index in [1.807, 2.05) is 60.7 Å². The Kier molecular flexibility index (Phi) is 9.21.